The van der Waals surface area contributed by atoms with Crippen LogP contribution < -0.4 is 5.32 Å². The number of rotatable bonds is 3. The third-order valence-corrected chi connectivity index (χ3v) is 2.75. The second-order valence-electron chi connectivity index (χ2n) is 4.40. The van der Waals surface area contributed by atoms with Crippen LogP contribution in [-0.2, 0) is 9.59 Å². The Morgan fingerprint density at radius 1 is 1.43 bits per heavy atom. The van der Waals surface area contributed by atoms with Gasteiger partial charge in [-0.25, -0.2) is 0 Å². The maximum absolute atomic E-state index is 10.7. The molecule has 5 nitrogen and oxygen atoms in total. The van der Waals surface area contributed by atoms with Crippen LogP contribution >= 0.6 is 0 Å². The molecule has 14 heavy (non-hydrogen) atoms. The molecule has 0 aliphatic carbocycles. The van der Waals surface area contributed by atoms with Crippen molar-refractivity contribution in [1.82, 2.24) is 5.32 Å². The molecule has 2 unspecified atom stereocenters. The standard InChI is InChI=1S/C9H15NO4/c1-9(2)4-5(8(13)14)10-6(9)3-7(11)12/h5-6,10H,3-4H2,1-2H3,(H,11,12)(H,13,14). The Morgan fingerprint density at radius 2 is 2.00 bits per heavy atom. The Hall–Kier alpha value is -1.10. The number of carboxylic acid groups (broad SMARTS) is 2. The van der Waals surface area contributed by atoms with Gasteiger partial charge >= 0.3 is 11.9 Å². The summed E-state index contributed by atoms with van der Waals surface area (Å²) in [5.74, 6) is -1.81. The lowest BCUT2D eigenvalue weighted by Crippen LogP contribution is -2.39. The average Bonchev–Trinajstić information content (AvgIpc) is 2.26. The summed E-state index contributed by atoms with van der Waals surface area (Å²) in [5, 5.41) is 20.3. The molecule has 0 saturated carbocycles. The van der Waals surface area contributed by atoms with Crippen molar-refractivity contribution in [2.75, 3.05) is 0 Å². The molecule has 0 bridgehead atoms. The van der Waals surface area contributed by atoms with Crippen molar-refractivity contribution in [2.45, 2.75) is 38.8 Å². The molecule has 0 amide bonds. The fraction of sp³-hybridized carbons (Fsp3) is 0.778. The molecule has 1 saturated heterocycles. The molecule has 0 aromatic rings. The normalized spacial score (nSPS) is 30.1. The van der Waals surface area contributed by atoms with Crippen molar-refractivity contribution in [2.24, 2.45) is 5.41 Å². The van der Waals surface area contributed by atoms with E-state index in [0.717, 1.165) is 0 Å². The minimum Gasteiger partial charge on any atom is -0.481 e. The van der Waals surface area contributed by atoms with Gasteiger partial charge in [0.15, 0.2) is 0 Å². The van der Waals surface area contributed by atoms with Crippen molar-refractivity contribution in [3.63, 3.8) is 0 Å². The van der Waals surface area contributed by atoms with Crippen LogP contribution in [0, 0.1) is 5.41 Å². The van der Waals surface area contributed by atoms with Gasteiger partial charge in [0.25, 0.3) is 0 Å². The van der Waals surface area contributed by atoms with Crippen molar-refractivity contribution < 1.29 is 19.8 Å². The minimum absolute atomic E-state index is 0.0310. The SMILES string of the molecule is CC1(C)CC(C(=O)O)NC1CC(=O)O. The van der Waals surface area contributed by atoms with Crippen LogP contribution in [0.4, 0.5) is 0 Å². The second kappa shape index (κ2) is 3.57. The highest BCUT2D eigenvalue weighted by molar-refractivity contribution is 5.75. The first kappa shape index (κ1) is 11.0. The number of aliphatic carboxylic acids is 2. The van der Waals surface area contributed by atoms with Crippen LogP contribution in [0.1, 0.15) is 26.7 Å². The maximum atomic E-state index is 10.7. The molecule has 1 aliphatic rings. The lowest BCUT2D eigenvalue weighted by atomic mass is 9.82. The van der Waals surface area contributed by atoms with Crippen LogP contribution in [0.5, 0.6) is 0 Å². The van der Waals surface area contributed by atoms with E-state index in [-0.39, 0.29) is 17.9 Å². The fourth-order valence-corrected chi connectivity index (χ4v) is 1.86. The van der Waals surface area contributed by atoms with Gasteiger partial charge in [0.05, 0.1) is 6.42 Å². The largest absolute Gasteiger partial charge is 0.481 e. The van der Waals surface area contributed by atoms with E-state index < -0.39 is 18.0 Å². The van der Waals surface area contributed by atoms with Crippen molar-refractivity contribution >= 4 is 11.9 Å². The van der Waals surface area contributed by atoms with Gasteiger partial charge in [-0.1, -0.05) is 13.8 Å². The van der Waals surface area contributed by atoms with E-state index >= 15 is 0 Å². The molecule has 3 N–H and O–H groups in total. The molecule has 1 heterocycles. The molecule has 1 aliphatic heterocycles. The van der Waals surface area contributed by atoms with Gasteiger partial charge in [0.2, 0.25) is 0 Å². The second-order valence-corrected chi connectivity index (χ2v) is 4.40. The molecular formula is C9H15NO4. The van der Waals surface area contributed by atoms with Crippen molar-refractivity contribution in [3.05, 3.63) is 0 Å². The molecule has 0 radical (unpaired) electrons. The zero-order valence-corrected chi connectivity index (χ0v) is 8.28. The van der Waals surface area contributed by atoms with Crippen LogP contribution in [0.25, 0.3) is 0 Å². The van der Waals surface area contributed by atoms with Crippen LogP contribution in [0.2, 0.25) is 0 Å². The highest BCUT2D eigenvalue weighted by Crippen LogP contribution is 2.35. The highest BCUT2D eigenvalue weighted by Gasteiger charge is 2.43. The van der Waals surface area contributed by atoms with Crippen LogP contribution in [0.15, 0.2) is 0 Å². The van der Waals surface area contributed by atoms with Gasteiger partial charge < -0.3 is 15.5 Å². The summed E-state index contributed by atoms with van der Waals surface area (Å²) in [4.78, 5) is 21.2. The minimum atomic E-state index is -0.911. The number of carbonyl (C=O) groups is 2. The summed E-state index contributed by atoms with van der Waals surface area (Å²) in [6.07, 6.45) is 0.442. The summed E-state index contributed by atoms with van der Waals surface area (Å²) in [5.41, 5.74) is -0.276. The van der Waals surface area contributed by atoms with E-state index in [1.54, 1.807) is 0 Å². The van der Waals surface area contributed by atoms with Gasteiger partial charge in [-0.3, -0.25) is 9.59 Å². The molecule has 0 spiro atoms. The Bertz CT molecular complexity index is 262. The van der Waals surface area contributed by atoms with Gasteiger partial charge in [-0.15, -0.1) is 0 Å². The summed E-state index contributed by atoms with van der Waals surface area (Å²) in [6, 6.07) is -0.879. The molecule has 0 aromatic heterocycles. The zero-order chi connectivity index (χ0) is 10.9. The van der Waals surface area contributed by atoms with E-state index in [4.69, 9.17) is 10.2 Å². The Balaban J connectivity index is 2.68. The number of hydrogen-bond donors (Lipinski definition) is 3. The molecule has 80 valence electrons. The lowest BCUT2D eigenvalue weighted by Gasteiger charge is -2.24. The summed E-state index contributed by atoms with van der Waals surface area (Å²) < 4.78 is 0. The first-order chi connectivity index (χ1) is 6.33. The first-order valence-electron chi connectivity index (χ1n) is 4.53. The highest BCUT2D eigenvalue weighted by atomic mass is 16.4. The predicted molar refractivity (Wildman–Crippen MR) is 49.0 cm³/mol. The summed E-state index contributed by atoms with van der Waals surface area (Å²) >= 11 is 0. The number of nitrogens with one attached hydrogen (secondary N) is 1. The zero-order valence-electron chi connectivity index (χ0n) is 8.28. The van der Waals surface area contributed by atoms with E-state index in [0.29, 0.717) is 6.42 Å². The Kier molecular flexibility index (Phi) is 2.80. The van der Waals surface area contributed by atoms with E-state index in [9.17, 15) is 9.59 Å². The Morgan fingerprint density at radius 3 is 2.36 bits per heavy atom. The van der Waals surface area contributed by atoms with Crippen molar-refractivity contribution in [1.29, 1.82) is 0 Å². The monoisotopic (exact) mass is 201 g/mol. The maximum Gasteiger partial charge on any atom is 0.320 e. The van der Waals surface area contributed by atoms with E-state index in [1.807, 2.05) is 13.8 Å². The summed E-state index contributed by atoms with van der Waals surface area (Å²) in [7, 11) is 0. The molecule has 1 fully saturated rings. The first-order valence-corrected chi connectivity index (χ1v) is 4.53. The lowest BCUT2D eigenvalue weighted by molar-refractivity contribution is -0.140. The Labute approximate surface area is 82.1 Å². The van der Waals surface area contributed by atoms with E-state index in [1.165, 1.54) is 0 Å². The van der Waals surface area contributed by atoms with Gasteiger partial charge in [-0.05, 0) is 11.8 Å². The third-order valence-electron chi connectivity index (χ3n) is 2.75. The van der Waals surface area contributed by atoms with Crippen LogP contribution in [0.3, 0.4) is 0 Å². The summed E-state index contributed by atoms with van der Waals surface area (Å²) in [6.45, 7) is 3.77. The quantitative estimate of drug-likeness (QED) is 0.611. The fourth-order valence-electron chi connectivity index (χ4n) is 1.86. The topological polar surface area (TPSA) is 86.6 Å². The molecule has 1 rings (SSSR count). The number of hydrogen-bond acceptors (Lipinski definition) is 3. The number of carboxylic acids is 2. The average molecular weight is 201 g/mol. The van der Waals surface area contributed by atoms with Crippen LogP contribution in [-0.4, -0.2) is 34.2 Å². The predicted octanol–water partition coefficient (Wildman–Crippen LogP) is 0.302. The molecule has 5 heteroatoms. The molecule has 0 aromatic carbocycles. The smallest absolute Gasteiger partial charge is 0.320 e. The van der Waals surface area contributed by atoms with Crippen molar-refractivity contribution in [3.8, 4) is 0 Å². The van der Waals surface area contributed by atoms with Gasteiger partial charge in [0.1, 0.15) is 6.04 Å². The van der Waals surface area contributed by atoms with Gasteiger partial charge in [0, 0.05) is 6.04 Å². The van der Waals surface area contributed by atoms with Gasteiger partial charge in [-0.2, -0.15) is 0 Å². The molecular weight excluding hydrogens is 186 g/mol. The van der Waals surface area contributed by atoms with E-state index in [2.05, 4.69) is 5.32 Å². The third kappa shape index (κ3) is 2.23. The molecule has 2 atom stereocenters.